The Kier molecular flexibility index (Phi) is 6.34. The Morgan fingerprint density at radius 3 is 2.62 bits per heavy atom. The molecule has 4 nitrogen and oxygen atoms in total. The molecule has 1 unspecified atom stereocenters. The van der Waals surface area contributed by atoms with Gasteiger partial charge >= 0.3 is 0 Å². The minimum absolute atomic E-state index is 0.0741. The lowest BCUT2D eigenvalue weighted by atomic mass is 9.97. The van der Waals surface area contributed by atoms with Crippen LogP contribution in [0, 0.1) is 5.82 Å². The van der Waals surface area contributed by atoms with Gasteiger partial charge in [-0.2, -0.15) is 0 Å². The average Bonchev–Trinajstić information content (AvgIpc) is 2.64. The van der Waals surface area contributed by atoms with Gasteiger partial charge in [0.15, 0.2) is 0 Å². The van der Waals surface area contributed by atoms with E-state index in [0.29, 0.717) is 6.42 Å². The molecule has 0 saturated carbocycles. The SMILES string of the molecule is CC(CC(=O)NC1CCN(Cc2ccccn2)CC1)c1ccc(F)cc1. The number of hydrogen-bond donors (Lipinski definition) is 1. The monoisotopic (exact) mass is 355 g/mol. The number of likely N-dealkylation sites (tertiary alicyclic amines) is 1. The van der Waals surface area contributed by atoms with Gasteiger partial charge in [0, 0.05) is 38.3 Å². The van der Waals surface area contributed by atoms with Crippen LogP contribution in [-0.2, 0) is 11.3 Å². The standard InChI is InChI=1S/C21H26FN3O/c1-16(17-5-7-18(22)8-6-17)14-21(26)24-19-9-12-25(13-10-19)15-20-4-2-3-11-23-20/h2-8,11,16,19H,9-10,12-15H2,1H3,(H,24,26). The number of aromatic nitrogens is 1. The quantitative estimate of drug-likeness (QED) is 0.863. The highest BCUT2D eigenvalue weighted by molar-refractivity contribution is 5.77. The van der Waals surface area contributed by atoms with Crippen LogP contribution in [0.25, 0.3) is 0 Å². The third-order valence-electron chi connectivity index (χ3n) is 5.00. The number of nitrogens with zero attached hydrogens (tertiary/aromatic N) is 2. The van der Waals surface area contributed by atoms with E-state index in [4.69, 9.17) is 0 Å². The molecule has 1 saturated heterocycles. The van der Waals surface area contributed by atoms with Crippen molar-refractivity contribution in [2.75, 3.05) is 13.1 Å². The van der Waals surface area contributed by atoms with Crippen LogP contribution in [-0.4, -0.2) is 34.9 Å². The van der Waals surface area contributed by atoms with Crippen LogP contribution in [0.4, 0.5) is 4.39 Å². The van der Waals surface area contributed by atoms with E-state index in [-0.39, 0.29) is 23.7 Å². The summed E-state index contributed by atoms with van der Waals surface area (Å²) < 4.78 is 13.0. The third-order valence-corrected chi connectivity index (χ3v) is 5.00. The first kappa shape index (κ1) is 18.5. The Morgan fingerprint density at radius 2 is 1.96 bits per heavy atom. The van der Waals surface area contributed by atoms with Crippen LogP contribution in [0.15, 0.2) is 48.7 Å². The molecule has 3 rings (SSSR count). The maximum Gasteiger partial charge on any atom is 0.220 e. The van der Waals surface area contributed by atoms with Gasteiger partial charge in [-0.25, -0.2) is 4.39 Å². The highest BCUT2D eigenvalue weighted by Crippen LogP contribution is 2.20. The molecule has 2 aromatic rings. The number of pyridine rings is 1. The van der Waals surface area contributed by atoms with Crippen LogP contribution in [0.3, 0.4) is 0 Å². The van der Waals surface area contributed by atoms with Gasteiger partial charge in [-0.1, -0.05) is 25.1 Å². The zero-order valence-corrected chi connectivity index (χ0v) is 15.2. The fourth-order valence-electron chi connectivity index (χ4n) is 3.43. The van der Waals surface area contributed by atoms with Crippen LogP contribution in [0.2, 0.25) is 0 Å². The van der Waals surface area contributed by atoms with E-state index in [9.17, 15) is 9.18 Å². The van der Waals surface area contributed by atoms with Crippen molar-refractivity contribution in [1.29, 1.82) is 0 Å². The molecule has 1 aromatic carbocycles. The van der Waals surface area contributed by atoms with Gasteiger partial charge < -0.3 is 5.32 Å². The summed E-state index contributed by atoms with van der Waals surface area (Å²) in [5.74, 6) is -0.0901. The summed E-state index contributed by atoms with van der Waals surface area (Å²) in [5.41, 5.74) is 2.08. The van der Waals surface area contributed by atoms with Crippen molar-refractivity contribution in [2.45, 2.75) is 44.7 Å². The molecule has 26 heavy (non-hydrogen) atoms. The van der Waals surface area contributed by atoms with E-state index in [2.05, 4.69) is 15.2 Å². The van der Waals surface area contributed by atoms with Gasteiger partial charge in [-0.15, -0.1) is 0 Å². The number of carbonyl (C=O) groups is 1. The average molecular weight is 355 g/mol. The van der Waals surface area contributed by atoms with E-state index in [1.165, 1.54) is 12.1 Å². The normalized spacial score (nSPS) is 17.0. The largest absolute Gasteiger partial charge is 0.353 e. The molecule has 1 aliphatic rings. The molecular weight excluding hydrogens is 329 g/mol. The Labute approximate surface area is 154 Å². The molecule has 1 aromatic heterocycles. The van der Waals surface area contributed by atoms with Gasteiger partial charge in [-0.3, -0.25) is 14.7 Å². The Hall–Kier alpha value is -2.27. The summed E-state index contributed by atoms with van der Waals surface area (Å²) in [4.78, 5) is 19.1. The summed E-state index contributed by atoms with van der Waals surface area (Å²) >= 11 is 0. The number of nitrogens with one attached hydrogen (secondary N) is 1. The zero-order chi connectivity index (χ0) is 18.4. The van der Waals surface area contributed by atoms with Gasteiger partial charge in [-0.05, 0) is 48.6 Å². The first-order valence-corrected chi connectivity index (χ1v) is 9.27. The highest BCUT2D eigenvalue weighted by Gasteiger charge is 2.21. The lowest BCUT2D eigenvalue weighted by Crippen LogP contribution is -2.44. The van der Waals surface area contributed by atoms with Gasteiger partial charge in [0.2, 0.25) is 5.91 Å². The number of benzene rings is 1. The molecule has 0 spiro atoms. The smallest absolute Gasteiger partial charge is 0.220 e. The molecule has 1 fully saturated rings. The molecule has 138 valence electrons. The second-order valence-corrected chi connectivity index (χ2v) is 7.10. The number of rotatable bonds is 6. The van der Waals surface area contributed by atoms with Crippen LogP contribution in [0.1, 0.15) is 43.4 Å². The van der Waals surface area contributed by atoms with E-state index >= 15 is 0 Å². The van der Waals surface area contributed by atoms with E-state index < -0.39 is 0 Å². The Bertz CT molecular complexity index is 697. The number of carbonyl (C=O) groups excluding carboxylic acids is 1. The first-order valence-electron chi connectivity index (χ1n) is 9.27. The van der Waals surface area contributed by atoms with Crippen molar-refractivity contribution < 1.29 is 9.18 Å². The molecule has 0 bridgehead atoms. The molecule has 1 aliphatic heterocycles. The first-order chi connectivity index (χ1) is 12.6. The molecule has 1 amide bonds. The van der Waals surface area contributed by atoms with Gasteiger partial charge in [0.05, 0.1) is 5.69 Å². The van der Waals surface area contributed by atoms with Crippen molar-refractivity contribution in [3.8, 4) is 0 Å². The third kappa shape index (κ3) is 5.36. The number of piperidine rings is 1. The molecule has 1 atom stereocenters. The minimum atomic E-state index is -0.247. The molecule has 1 N–H and O–H groups in total. The summed E-state index contributed by atoms with van der Waals surface area (Å²) in [7, 11) is 0. The van der Waals surface area contributed by atoms with E-state index in [0.717, 1.165) is 43.7 Å². The van der Waals surface area contributed by atoms with Crippen LogP contribution < -0.4 is 5.32 Å². The van der Waals surface area contributed by atoms with Crippen LogP contribution in [0.5, 0.6) is 0 Å². The maximum atomic E-state index is 13.0. The highest BCUT2D eigenvalue weighted by atomic mass is 19.1. The molecule has 0 aliphatic carbocycles. The summed E-state index contributed by atoms with van der Waals surface area (Å²) in [6.07, 6.45) is 4.18. The number of halogens is 1. The van der Waals surface area contributed by atoms with Crippen LogP contribution >= 0.6 is 0 Å². The fraction of sp³-hybridized carbons (Fsp3) is 0.429. The van der Waals surface area contributed by atoms with Crippen molar-refractivity contribution >= 4 is 5.91 Å². The van der Waals surface area contributed by atoms with E-state index in [1.54, 1.807) is 12.1 Å². The summed E-state index contributed by atoms with van der Waals surface area (Å²) in [5, 5.41) is 3.16. The lowest BCUT2D eigenvalue weighted by Gasteiger charge is -2.32. The molecule has 0 radical (unpaired) electrons. The van der Waals surface area contributed by atoms with Crippen molar-refractivity contribution in [2.24, 2.45) is 0 Å². The molecule has 5 heteroatoms. The zero-order valence-electron chi connectivity index (χ0n) is 15.2. The summed E-state index contributed by atoms with van der Waals surface area (Å²) in [6, 6.07) is 12.6. The van der Waals surface area contributed by atoms with Crippen molar-refractivity contribution in [3.05, 3.63) is 65.7 Å². The predicted molar refractivity (Wildman–Crippen MR) is 100 cm³/mol. The van der Waals surface area contributed by atoms with Gasteiger partial charge in [0.25, 0.3) is 0 Å². The number of amides is 1. The maximum absolute atomic E-state index is 13.0. The lowest BCUT2D eigenvalue weighted by molar-refractivity contribution is -0.122. The molecular formula is C21H26FN3O. The summed E-state index contributed by atoms with van der Waals surface area (Å²) in [6.45, 7) is 4.80. The minimum Gasteiger partial charge on any atom is -0.353 e. The topological polar surface area (TPSA) is 45.2 Å². The van der Waals surface area contributed by atoms with Gasteiger partial charge in [0.1, 0.15) is 5.82 Å². The molecule has 2 heterocycles. The van der Waals surface area contributed by atoms with E-state index in [1.807, 2.05) is 31.3 Å². The Morgan fingerprint density at radius 1 is 1.23 bits per heavy atom. The predicted octanol–water partition coefficient (Wildman–Crippen LogP) is 3.50. The number of hydrogen-bond acceptors (Lipinski definition) is 3. The Balaban J connectivity index is 1.41. The second-order valence-electron chi connectivity index (χ2n) is 7.10. The van der Waals surface area contributed by atoms with Crippen molar-refractivity contribution in [1.82, 2.24) is 15.2 Å². The fourth-order valence-corrected chi connectivity index (χ4v) is 3.43. The van der Waals surface area contributed by atoms with Crippen molar-refractivity contribution in [3.63, 3.8) is 0 Å². The second kappa shape index (κ2) is 8.90.